The van der Waals surface area contributed by atoms with E-state index in [1.165, 1.54) is 0 Å². The summed E-state index contributed by atoms with van der Waals surface area (Å²) in [5, 5.41) is 0. The second-order valence-corrected chi connectivity index (χ2v) is 4.49. The van der Waals surface area contributed by atoms with Crippen LogP contribution in [0.3, 0.4) is 0 Å². The van der Waals surface area contributed by atoms with Gasteiger partial charge < -0.3 is 10.5 Å². The number of nitrogens with zero attached hydrogens (tertiary/aromatic N) is 4. The molecule has 0 unspecified atom stereocenters. The van der Waals surface area contributed by atoms with Gasteiger partial charge in [-0.1, -0.05) is 18.2 Å². The average molecular weight is 295 g/mol. The third kappa shape index (κ3) is 2.56. The molecule has 2 heterocycles. The van der Waals surface area contributed by atoms with Crippen molar-refractivity contribution < 1.29 is 9.53 Å². The van der Waals surface area contributed by atoms with E-state index in [9.17, 15) is 4.79 Å². The number of carbonyl (C=O) groups excluding carboxylic acids is 1. The lowest BCUT2D eigenvalue weighted by atomic mass is 10.1. The number of carbonyl (C=O) groups is 1. The molecular weight excluding hydrogens is 282 g/mol. The van der Waals surface area contributed by atoms with Crippen LogP contribution >= 0.6 is 0 Å². The number of rotatable bonds is 4. The Morgan fingerprint density at radius 2 is 2.14 bits per heavy atom. The molecule has 22 heavy (non-hydrogen) atoms. The number of aldehydes is 1. The van der Waals surface area contributed by atoms with Gasteiger partial charge in [-0.3, -0.25) is 4.79 Å². The van der Waals surface area contributed by atoms with Crippen LogP contribution in [0.15, 0.2) is 30.5 Å². The van der Waals surface area contributed by atoms with Crippen molar-refractivity contribution in [3.05, 3.63) is 36.0 Å². The van der Waals surface area contributed by atoms with E-state index in [0.717, 1.165) is 11.8 Å². The first-order valence-electron chi connectivity index (χ1n) is 6.70. The van der Waals surface area contributed by atoms with E-state index in [0.29, 0.717) is 34.9 Å². The Labute approximate surface area is 126 Å². The SMILES string of the molecule is CCOc1nc(N)nc2ncc(-c3cccc(C=O)c3)nc12. The van der Waals surface area contributed by atoms with Crippen molar-refractivity contribution in [2.75, 3.05) is 12.3 Å². The summed E-state index contributed by atoms with van der Waals surface area (Å²) in [7, 11) is 0. The molecule has 0 spiro atoms. The van der Waals surface area contributed by atoms with Gasteiger partial charge in [0.1, 0.15) is 6.29 Å². The number of aromatic nitrogens is 4. The lowest BCUT2D eigenvalue weighted by molar-refractivity contribution is 0.112. The maximum Gasteiger partial charge on any atom is 0.247 e. The quantitative estimate of drug-likeness (QED) is 0.733. The Kier molecular flexibility index (Phi) is 3.61. The third-order valence-electron chi connectivity index (χ3n) is 2.99. The van der Waals surface area contributed by atoms with Crippen LogP contribution in [-0.2, 0) is 0 Å². The molecule has 0 bridgehead atoms. The van der Waals surface area contributed by atoms with E-state index in [4.69, 9.17) is 10.5 Å². The summed E-state index contributed by atoms with van der Waals surface area (Å²) in [6, 6.07) is 7.09. The number of benzene rings is 1. The van der Waals surface area contributed by atoms with Crippen LogP contribution in [0.2, 0.25) is 0 Å². The van der Waals surface area contributed by atoms with Gasteiger partial charge in [0.05, 0.1) is 18.5 Å². The van der Waals surface area contributed by atoms with E-state index in [1.807, 2.05) is 13.0 Å². The zero-order valence-electron chi connectivity index (χ0n) is 11.9. The number of anilines is 1. The van der Waals surface area contributed by atoms with Crippen molar-refractivity contribution in [3.63, 3.8) is 0 Å². The van der Waals surface area contributed by atoms with Gasteiger partial charge in [0, 0.05) is 11.1 Å². The molecule has 110 valence electrons. The Balaban J connectivity index is 2.17. The van der Waals surface area contributed by atoms with Gasteiger partial charge in [-0.05, 0) is 13.0 Å². The van der Waals surface area contributed by atoms with Crippen LogP contribution in [0.1, 0.15) is 17.3 Å². The summed E-state index contributed by atoms with van der Waals surface area (Å²) < 4.78 is 5.45. The van der Waals surface area contributed by atoms with Gasteiger partial charge in [0.25, 0.3) is 0 Å². The molecule has 1 aromatic carbocycles. The number of nitrogen functional groups attached to an aromatic ring is 1. The van der Waals surface area contributed by atoms with Gasteiger partial charge in [0.2, 0.25) is 11.8 Å². The summed E-state index contributed by atoms with van der Waals surface area (Å²) in [5.41, 5.74) is 8.38. The van der Waals surface area contributed by atoms with Crippen LogP contribution in [-0.4, -0.2) is 32.8 Å². The second kappa shape index (κ2) is 5.72. The first-order valence-corrected chi connectivity index (χ1v) is 6.70. The minimum absolute atomic E-state index is 0.0842. The lowest BCUT2D eigenvalue weighted by Gasteiger charge is -2.07. The predicted molar refractivity (Wildman–Crippen MR) is 81.5 cm³/mol. The summed E-state index contributed by atoms with van der Waals surface area (Å²) in [5.74, 6) is 0.381. The molecule has 0 saturated carbocycles. The highest BCUT2D eigenvalue weighted by atomic mass is 16.5. The van der Waals surface area contributed by atoms with Gasteiger partial charge in [0.15, 0.2) is 11.2 Å². The zero-order chi connectivity index (χ0) is 15.5. The van der Waals surface area contributed by atoms with E-state index >= 15 is 0 Å². The van der Waals surface area contributed by atoms with Crippen molar-refractivity contribution in [1.29, 1.82) is 0 Å². The largest absolute Gasteiger partial charge is 0.476 e. The molecule has 0 atom stereocenters. The Morgan fingerprint density at radius 3 is 2.91 bits per heavy atom. The van der Waals surface area contributed by atoms with E-state index in [1.54, 1.807) is 24.4 Å². The van der Waals surface area contributed by atoms with Crippen LogP contribution in [0.25, 0.3) is 22.4 Å². The van der Waals surface area contributed by atoms with Gasteiger partial charge in [-0.15, -0.1) is 0 Å². The maximum atomic E-state index is 10.9. The number of hydrogen-bond acceptors (Lipinski definition) is 7. The Hall–Kier alpha value is -3.09. The molecule has 7 heteroatoms. The highest BCUT2D eigenvalue weighted by molar-refractivity contribution is 5.81. The second-order valence-electron chi connectivity index (χ2n) is 4.49. The predicted octanol–water partition coefficient (Wildman–Crippen LogP) is 1.88. The fourth-order valence-electron chi connectivity index (χ4n) is 2.05. The molecule has 0 amide bonds. The maximum absolute atomic E-state index is 10.9. The molecule has 0 radical (unpaired) electrons. The molecule has 0 aliphatic rings. The number of ether oxygens (including phenoxy) is 1. The van der Waals surface area contributed by atoms with E-state index < -0.39 is 0 Å². The van der Waals surface area contributed by atoms with Crippen molar-refractivity contribution in [1.82, 2.24) is 19.9 Å². The van der Waals surface area contributed by atoms with Crippen LogP contribution in [0.5, 0.6) is 5.88 Å². The lowest BCUT2D eigenvalue weighted by Crippen LogP contribution is -2.04. The van der Waals surface area contributed by atoms with Crippen molar-refractivity contribution >= 4 is 23.4 Å². The van der Waals surface area contributed by atoms with Crippen molar-refractivity contribution in [2.45, 2.75) is 6.92 Å². The minimum Gasteiger partial charge on any atom is -0.476 e. The van der Waals surface area contributed by atoms with E-state index in [-0.39, 0.29) is 5.95 Å². The highest BCUT2D eigenvalue weighted by Crippen LogP contribution is 2.24. The zero-order valence-corrected chi connectivity index (χ0v) is 11.9. The normalized spacial score (nSPS) is 10.6. The molecular formula is C15H13N5O2. The molecule has 7 nitrogen and oxygen atoms in total. The van der Waals surface area contributed by atoms with Crippen molar-refractivity contribution in [2.24, 2.45) is 0 Å². The van der Waals surface area contributed by atoms with Crippen LogP contribution in [0, 0.1) is 0 Å². The number of hydrogen-bond donors (Lipinski definition) is 1. The smallest absolute Gasteiger partial charge is 0.247 e. The molecule has 0 aliphatic carbocycles. The Morgan fingerprint density at radius 1 is 1.27 bits per heavy atom. The molecule has 0 aliphatic heterocycles. The van der Waals surface area contributed by atoms with Gasteiger partial charge in [-0.2, -0.15) is 9.97 Å². The molecule has 2 aromatic heterocycles. The summed E-state index contributed by atoms with van der Waals surface area (Å²) >= 11 is 0. The first kappa shape index (κ1) is 13.9. The summed E-state index contributed by atoms with van der Waals surface area (Å²) in [4.78, 5) is 27.7. The van der Waals surface area contributed by atoms with Crippen LogP contribution < -0.4 is 10.5 Å². The molecule has 3 aromatic rings. The molecule has 0 fully saturated rings. The molecule has 2 N–H and O–H groups in total. The standard InChI is InChI=1S/C15H13N5O2/c1-2-22-14-12-13(19-15(16)20-14)17-7-11(18-12)10-5-3-4-9(6-10)8-21/h3-8H,2H2,1H3,(H2,16,17,19,20). The van der Waals surface area contributed by atoms with Crippen molar-refractivity contribution in [3.8, 4) is 17.1 Å². The number of fused-ring (bicyclic) bond motifs is 1. The third-order valence-corrected chi connectivity index (χ3v) is 2.99. The summed E-state index contributed by atoms with van der Waals surface area (Å²) in [6.45, 7) is 2.27. The monoisotopic (exact) mass is 295 g/mol. The van der Waals surface area contributed by atoms with E-state index in [2.05, 4.69) is 19.9 Å². The average Bonchev–Trinajstić information content (AvgIpc) is 2.55. The fraction of sp³-hybridized carbons (Fsp3) is 0.133. The highest BCUT2D eigenvalue weighted by Gasteiger charge is 2.12. The fourth-order valence-corrected chi connectivity index (χ4v) is 2.05. The van der Waals surface area contributed by atoms with Gasteiger partial charge in [-0.25, -0.2) is 9.97 Å². The van der Waals surface area contributed by atoms with Gasteiger partial charge >= 0.3 is 0 Å². The summed E-state index contributed by atoms with van der Waals surface area (Å²) in [6.07, 6.45) is 2.36. The minimum atomic E-state index is 0.0842. The molecule has 0 saturated heterocycles. The molecule has 3 rings (SSSR count). The van der Waals surface area contributed by atoms with Crippen LogP contribution in [0.4, 0.5) is 5.95 Å². The Bertz CT molecular complexity index is 850. The first-order chi connectivity index (χ1) is 10.7. The topological polar surface area (TPSA) is 104 Å². The number of nitrogens with two attached hydrogens (primary N) is 1.